The van der Waals surface area contributed by atoms with Crippen molar-refractivity contribution >= 4 is 9.84 Å². The number of furan rings is 1. The molecule has 0 N–H and O–H groups in total. The van der Waals surface area contributed by atoms with E-state index in [4.69, 9.17) is 13.9 Å². The van der Waals surface area contributed by atoms with Gasteiger partial charge in [-0.2, -0.15) is 0 Å². The summed E-state index contributed by atoms with van der Waals surface area (Å²) in [6.07, 6.45) is 3.45. The van der Waals surface area contributed by atoms with E-state index in [9.17, 15) is 8.42 Å². The number of nitrogens with zero attached hydrogens (tertiary/aromatic N) is 5. The van der Waals surface area contributed by atoms with Crippen LogP contribution in [0, 0.1) is 13.8 Å². The van der Waals surface area contributed by atoms with Crippen LogP contribution in [0.1, 0.15) is 29.9 Å². The summed E-state index contributed by atoms with van der Waals surface area (Å²) in [5.41, 5.74) is 1.85. The second kappa shape index (κ2) is 9.87. The molecule has 0 saturated carbocycles. The number of methoxy groups -OCH3 is 2. The van der Waals surface area contributed by atoms with Crippen LogP contribution in [0.5, 0.6) is 11.5 Å². The summed E-state index contributed by atoms with van der Waals surface area (Å²) in [7, 11) is -0.602. The van der Waals surface area contributed by atoms with Gasteiger partial charge in [0.25, 0.3) is 0 Å². The molecular weight excluding hydrogens is 470 g/mol. The second-order valence-corrected chi connectivity index (χ2v) is 10.6. The molecule has 1 aromatic carbocycles. The van der Waals surface area contributed by atoms with Crippen LogP contribution in [0.15, 0.2) is 47.1 Å². The van der Waals surface area contributed by atoms with E-state index in [0.717, 1.165) is 5.69 Å². The van der Waals surface area contributed by atoms with Crippen molar-refractivity contribution in [3.63, 3.8) is 0 Å². The number of ether oxygens (including phenoxy) is 2. The van der Waals surface area contributed by atoms with Gasteiger partial charge in [-0.25, -0.2) is 8.42 Å². The zero-order chi connectivity index (χ0) is 25.2. The first-order chi connectivity index (χ1) is 16.7. The van der Waals surface area contributed by atoms with Crippen molar-refractivity contribution in [3.8, 4) is 28.8 Å². The minimum absolute atomic E-state index is 0.207. The van der Waals surface area contributed by atoms with Crippen LogP contribution < -0.4 is 9.47 Å². The van der Waals surface area contributed by atoms with Crippen molar-refractivity contribution < 1.29 is 22.3 Å². The summed E-state index contributed by atoms with van der Waals surface area (Å²) in [6, 6.07) is 8.85. The van der Waals surface area contributed by atoms with E-state index >= 15 is 0 Å². The summed E-state index contributed by atoms with van der Waals surface area (Å²) in [5.74, 6) is 2.24. The van der Waals surface area contributed by atoms with Crippen molar-refractivity contribution in [3.05, 3.63) is 65.7 Å². The highest BCUT2D eigenvalue weighted by atomic mass is 32.2. The summed E-state index contributed by atoms with van der Waals surface area (Å²) in [4.78, 5) is 8.50. The Hall–Kier alpha value is -3.73. The highest BCUT2D eigenvalue weighted by Crippen LogP contribution is 2.37. The average Bonchev–Trinajstić information content (AvgIpc) is 3.45. The number of aromatic nitrogens is 5. The van der Waals surface area contributed by atoms with Crippen LogP contribution in [0.2, 0.25) is 0 Å². The fourth-order valence-electron chi connectivity index (χ4n) is 3.68. The molecule has 1 atom stereocenters. The highest BCUT2D eigenvalue weighted by molar-refractivity contribution is 7.91. The fraction of sp³-hybridized carbons (Fsp3) is 0.333. The van der Waals surface area contributed by atoms with Crippen LogP contribution in [0.4, 0.5) is 0 Å². The van der Waals surface area contributed by atoms with Crippen LogP contribution in [0.3, 0.4) is 0 Å². The number of aryl methyl sites for hydroxylation is 2. The largest absolute Gasteiger partial charge is 0.494 e. The van der Waals surface area contributed by atoms with E-state index in [0.29, 0.717) is 40.2 Å². The van der Waals surface area contributed by atoms with Gasteiger partial charge in [-0.3, -0.25) is 14.5 Å². The molecule has 0 bridgehead atoms. The SMILES string of the molecule is COc1cccc(OC)c1-n1c(CS(=O)(=O)[C@H](C)Cc2cnc(C)cn2)nnc1-c1ccc(C)o1. The lowest BCUT2D eigenvalue weighted by molar-refractivity contribution is 0.390. The van der Waals surface area contributed by atoms with Crippen molar-refractivity contribution in [2.45, 2.75) is 38.2 Å². The number of benzene rings is 1. The summed E-state index contributed by atoms with van der Waals surface area (Å²) in [6.45, 7) is 5.29. The molecule has 10 nitrogen and oxygen atoms in total. The zero-order valence-electron chi connectivity index (χ0n) is 20.2. The quantitative estimate of drug-likeness (QED) is 0.342. The molecule has 35 heavy (non-hydrogen) atoms. The summed E-state index contributed by atoms with van der Waals surface area (Å²) < 4.78 is 45.4. The standard InChI is InChI=1S/C24H27N5O5S/c1-15-12-26-18(13-25-15)11-17(3)35(30,31)14-22-27-28-24(21-10-9-16(2)34-21)29(22)23-19(32-4)7-6-8-20(23)33-5/h6-10,12-13,17H,11,14H2,1-5H3/t17-/m1/s1. The van der Waals surface area contributed by atoms with Crippen molar-refractivity contribution in [1.82, 2.24) is 24.7 Å². The number of sulfone groups is 1. The summed E-state index contributed by atoms with van der Waals surface area (Å²) in [5, 5.41) is 7.81. The number of para-hydroxylation sites is 1. The van der Waals surface area contributed by atoms with Gasteiger partial charge < -0.3 is 13.9 Å². The van der Waals surface area contributed by atoms with Gasteiger partial charge >= 0.3 is 0 Å². The Balaban J connectivity index is 1.79. The number of hydrogen-bond donors (Lipinski definition) is 0. The minimum Gasteiger partial charge on any atom is -0.494 e. The molecule has 0 aliphatic carbocycles. The number of rotatable bonds is 9. The van der Waals surface area contributed by atoms with Gasteiger partial charge in [-0.15, -0.1) is 10.2 Å². The molecule has 0 aliphatic heterocycles. The molecule has 0 unspecified atom stereocenters. The Bertz CT molecular complexity index is 1400. The Morgan fingerprint density at radius 2 is 1.71 bits per heavy atom. The molecule has 0 spiro atoms. The maximum atomic E-state index is 13.4. The molecule has 0 fully saturated rings. The Morgan fingerprint density at radius 3 is 2.29 bits per heavy atom. The van der Waals surface area contributed by atoms with Crippen molar-refractivity contribution in [2.75, 3.05) is 14.2 Å². The second-order valence-electron chi connectivity index (χ2n) is 8.17. The zero-order valence-corrected chi connectivity index (χ0v) is 21.0. The van der Waals surface area contributed by atoms with Gasteiger partial charge in [0.1, 0.15) is 28.7 Å². The van der Waals surface area contributed by atoms with Gasteiger partial charge in [-0.05, 0) is 45.0 Å². The van der Waals surface area contributed by atoms with Crippen molar-refractivity contribution in [1.29, 1.82) is 0 Å². The third kappa shape index (κ3) is 5.04. The van der Waals surface area contributed by atoms with Crippen LogP contribution in [0.25, 0.3) is 17.3 Å². The van der Waals surface area contributed by atoms with Gasteiger partial charge in [0.15, 0.2) is 21.4 Å². The maximum absolute atomic E-state index is 13.4. The molecule has 0 aliphatic rings. The first-order valence-electron chi connectivity index (χ1n) is 10.9. The van der Waals surface area contributed by atoms with Crippen LogP contribution >= 0.6 is 0 Å². The molecule has 11 heteroatoms. The molecular formula is C24H27N5O5S. The molecule has 3 heterocycles. The minimum atomic E-state index is -3.66. The van der Waals surface area contributed by atoms with E-state index in [2.05, 4.69) is 20.2 Å². The van der Waals surface area contributed by atoms with Crippen LogP contribution in [-0.2, 0) is 22.0 Å². The average molecular weight is 498 g/mol. The number of hydrogen-bond acceptors (Lipinski definition) is 9. The van der Waals surface area contributed by atoms with Gasteiger partial charge in [0.05, 0.1) is 30.9 Å². The van der Waals surface area contributed by atoms with Gasteiger partial charge in [0.2, 0.25) is 5.82 Å². The van der Waals surface area contributed by atoms with Gasteiger partial charge in [0, 0.05) is 18.8 Å². The third-order valence-electron chi connectivity index (χ3n) is 5.59. The van der Waals surface area contributed by atoms with E-state index in [1.807, 2.05) is 13.8 Å². The van der Waals surface area contributed by atoms with E-state index in [1.54, 1.807) is 54.2 Å². The Kier molecular flexibility index (Phi) is 6.88. The first-order valence-corrected chi connectivity index (χ1v) is 12.7. The fourth-order valence-corrected chi connectivity index (χ4v) is 4.94. The highest BCUT2D eigenvalue weighted by Gasteiger charge is 2.29. The molecule has 4 aromatic rings. The Morgan fingerprint density at radius 1 is 1.00 bits per heavy atom. The predicted octanol–water partition coefficient (Wildman–Crippen LogP) is 3.50. The molecule has 3 aromatic heterocycles. The smallest absolute Gasteiger partial charge is 0.204 e. The van der Waals surface area contributed by atoms with Gasteiger partial charge in [-0.1, -0.05) is 6.07 Å². The lowest BCUT2D eigenvalue weighted by atomic mass is 10.2. The maximum Gasteiger partial charge on any atom is 0.204 e. The van der Waals surface area contributed by atoms with Crippen LogP contribution in [-0.4, -0.2) is 52.6 Å². The molecule has 0 saturated heterocycles. The normalized spacial score (nSPS) is 12.5. The first kappa shape index (κ1) is 24.4. The topological polar surface area (TPSA) is 122 Å². The van der Waals surface area contributed by atoms with E-state index < -0.39 is 15.1 Å². The summed E-state index contributed by atoms with van der Waals surface area (Å²) >= 11 is 0. The van der Waals surface area contributed by atoms with E-state index in [1.165, 1.54) is 14.2 Å². The lowest BCUT2D eigenvalue weighted by Gasteiger charge is -2.18. The molecule has 184 valence electrons. The predicted molar refractivity (Wildman–Crippen MR) is 129 cm³/mol. The monoisotopic (exact) mass is 497 g/mol. The van der Waals surface area contributed by atoms with Crippen molar-refractivity contribution in [2.24, 2.45) is 0 Å². The molecule has 0 radical (unpaired) electrons. The molecule has 4 rings (SSSR count). The lowest BCUT2D eigenvalue weighted by Crippen LogP contribution is -2.24. The Labute approximate surface area is 203 Å². The molecule has 0 amide bonds. The van der Waals surface area contributed by atoms with E-state index in [-0.39, 0.29) is 18.0 Å². The third-order valence-corrected chi connectivity index (χ3v) is 7.64.